The van der Waals surface area contributed by atoms with Gasteiger partial charge < -0.3 is 15.0 Å². The number of benzene rings is 3. The SMILES string of the molecule is COCc1ccc2c3c(C(N)=O)cccc3n(Cc3c(F)cccc3Cl)c2c1. The van der Waals surface area contributed by atoms with Crippen LogP contribution in [0.4, 0.5) is 4.39 Å². The van der Waals surface area contributed by atoms with Crippen LogP contribution in [0.3, 0.4) is 0 Å². The Bertz CT molecular complexity index is 1200. The monoisotopic (exact) mass is 396 g/mol. The normalized spacial score (nSPS) is 11.4. The molecule has 0 aliphatic heterocycles. The van der Waals surface area contributed by atoms with Gasteiger partial charge in [-0.15, -0.1) is 0 Å². The average Bonchev–Trinajstić information content (AvgIpc) is 2.98. The van der Waals surface area contributed by atoms with Gasteiger partial charge >= 0.3 is 0 Å². The van der Waals surface area contributed by atoms with Crippen LogP contribution in [-0.2, 0) is 17.9 Å². The molecule has 1 heterocycles. The summed E-state index contributed by atoms with van der Waals surface area (Å²) in [5.74, 6) is -0.879. The van der Waals surface area contributed by atoms with Gasteiger partial charge in [0.15, 0.2) is 0 Å². The summed E-state index contributed by atoms with van der Waals surface area (Å²) in [6, 6.07) is 15.9. The Kier molecular flexibility index (Phi) is 4.79. The number of hydrogen-bond acceptors (Lipinski definition) is 2. The first kappa shape index (κ1) is 18.5. The molecule has 0 aliphatic carbocycles. The van der Waals surface area contributed by atoms with Crippen molar-refractivity contribution in [3.8, 4) is 0 Å². The van der Waals surface area contributed by atoms with E-state index in [2.05, 4.69) is 0 Å². The fourth-order valence-electron chi connectivity index (χ4n) is 3.66. The molecule has 3 aromatic carbocycles. The van der Waals surface area contributed by atoms with Gasteiger partial charge in [0.2, 0.25) is 5.91 Å². The summed E-state index contributed by atoms with van der Waals surface area (Å²) in [7, 11) is 1.63. The third-order valence-electron chi connectivity index (χ3n) is 4.91. The molecule has 0 fully saturated rings. The Morgan fingerprint density at radius 1 is 1.14 bits per heavy atom. The predicted molar refractivity (Wildman–Crippen MR) is 109 cm³/mol. The van der Waals surface area contributed by atoms with E-state index in [4.69, 9.17) is 22.1 Å². The zero-order valence-electron chi connectivity index (χ0n) is 15.2. The van der Waals surface area contributed by atoms with Crippen molar-refractivity contribution >= 4 is 39.3 Å². The molecule has 4 rings (SSSR count). The summed E-state index contributed by atoms with van der Waals surface area (Å²) >= 11 is 6.26. The van der Waals surface area contributed by atoms with Crippen LogP contribution in [0, 0.1) is 5.82 Å². The quantitative estimate of drug-likeness (QED) is 0.522. The molecule has 0 bridgehead atoms. The molecule has 0 radical (unpaired) electrons. The van der Waals surface area contributed by atoms with E-state index in [-0.39, 0.29) is 12.4 Å². The number of halogens is 2. The van der Waals surface area contributed by atoms with Crippen molar-refractivity contribution in [1.29, 1.82) is 0 Å². The number of rotatable bonds is 5. The predicted octanol–water partition coefficient (Wildman–Crippen LogP) is 4.88. The van der Waals surface area contributed by atoms with E-state index in [0.717, 1.165) is 27.4 Å². The lowest BCUT2D eigenvalue weighted by Crippen LogP contribution is -2.11. The molecule has 1 aromatic heterocycles. The van der Waals surface area contributed by atoms with Crippen molar-refractivity contribution in [1.82, 2.24) is 4.57 Å². The maximum Gasteiger partial charge on any atom is 0.249 e. The second-order valence-electron chi connectivity index (χ2n) is 6.63. The minimum Gasteiger partial charge on any atom is -0.380 e. The first-order valence-electron chi connectivity index (χ1n) is 8.76. The highest BCUT2D eigenvalue weighted by Gasteiger charge is 2.18. The number of ether oxygens (including phenoxy) is 1. The molecule has 2 N–H and O–H groups in total. The van der Waals surface area contributed by atoms with E-state index in [1.54, 1.807) is 31.4 Å². The van der Waals surface area contributed by atoms with Crippen LogP contribution >= 0.6 is 11.6 Å². The number of carbonyl (C=O) groups is 1. The van der Waals surface area contributed by atoms with Crippen LogP contribution in [0.1, 0.15) is 21.5 Å². The minimum atomic E-state index is -0.505. The number of aromatic nitrogens is 1. The van der Waals surface area contributed by atoms with Gasteiger partial charge in [-0.25, -0.2) is 4.39 Å². The summed E-state index contributed by atoms with van der Waals surface area (Å²) in [5, 5.41) is 1.98. The number of primary amides is 1. The van der Waals surface area contributed by atoms with Gasteiger partial charge in [0.1, 0.15) is 5.82 Å². The zero-order chi connectivity index (χ0) is 19.8. The van der Waals surface area contributed by atoms with Crippen LogP contribution in [0.15, 0.2) is 54.6 Å². The van der Waals surface area contributed by atoms with E-state index in [1.807, 2.05) is 28.8 Å². The van der Waals surface area contributed by atoms with Crippen molar-refractivity contribution in [2.24, 2.45) is 5.73 Å². The fourth-order valence-corrected chi connectivity index (χ4v) is 3.89. The Morgan fingerprint density at radius 3 is 2.64 bits per heavy atom. The number of nitrogens with zero attached hydrogens (tertiary/aromatic N) is 1. The standard InChI is InChI=1S/C22H18ClFN2O2/c1-28-12-13-8-9-14-20(10-13)26(11-16-17(23)5-3-6-18(16)24)19-7-2-4-15(21(14)19)22(25)27/h2-10H,11-12H2,1H3,(H2,25,27). The average molecular weight is 397 g/mol. The molecule has 28 heavy (non-hydrogen) atoms. The highest BCUT2D eigenvalue weighted by Crippen LogP contribution is 2.34. The largest absolute Gasteiger partial charge is 0.380 e. The van der Waals surface area contributed by atoms with Crippen molar-refractivity contribution in [3.63, 3.8) is 0 Å². The second kappa shape index (κ2) is 7.26. The number of amides is 1. The van der Waals surface area contributed by atoms with Gasteiger partial charge in [0, 0.05) is 39.5 Å². The van der Waals surface area contributed by atoms with Crippen molar-refractivity contribution in [2.75, 3.05) is 7.11 Å². The molecule has 1 amide bonds. The van der Waals surface area contributed by atoms with Crippen molar-refractivity contribution in [3.05, 3.63) is 82.1 Å². The van der Waals surface area contributed by atoms with Crippen LogP contribution < -0.4 is 5.73 Å². The highest BCUT2D eigenvalue weighted by molar-refractivity contribution is 6.31. The third-order valence-corrected chi connectivity index (χ3v) is 5.26. The molecule has 0 saturated carbocycles. The summed E-state index contributed by atoms with van der Waals surface area (Å²) in [6.45, 7) is 0.671. The minimum absolute atomic E-state index is 0.226. The summed E-state index contributed by atoms with van der Waals surface area (Å²) in [5.41, 5.74) is 9.06. The molecule has 0 atom stereocenters. The van der Waals surface area contributed by atoms with Crippen LogP contribution in [0.5, 0.6) is 0 Å². The van der Waals surface area contributed by atoms with Gasteiger partial charge in [-0.05, 0) is 35.9 Å². The van der Waals surface area contributed by atoms with Gasteiger partial charge in [-0.3, -0.25) is 4.79 Å². The number of fused-ring (bicyclic) bond motifs is 3. The van der Waals surface area contributed by atoms with Gasteiger partial charge in [0.05, 0.1) is 18.7 Å². The molecule has 4 nitrogen and oxygen atoms in total. The Balaban J connectivity index is 2.05. The first-order valence-corrected chi connectivity index (χ1v) is 9.14. The summed E-state index contributed by atoms with van der Waals surface area (Å²) < 4.78 is 21.7. The Morgan fingerprint density at radius 2 is 1.93 bits per heavy atom. The van der Waals surface area contributed by atoms with Crippen LogP contribution in [0.25, 0.3) is 21.8 Å². The van der Waals surface area contributed by atoms with Gasteiger partial charge in [0.25, 0.3) is 0 Å². The molecular weight excluding hydrogens is 379 g/mol. The molecule has 0 unspecified atom stereocenters. The summed E-state index contributed by atoms with van der Waals surface area (Å²) in [6.07, 6.45) is 0. The number of nitrogens with two attached hydrogens (primary N) is 1. The topological polar surface area (TPSA) is 57.2 Å². The van der Waals surface area contributed by atoms with Crippen molar-refractivity contribution < 1.29 is 13.9 Å². The molecule has 0 spiro atoms. The second-order valence-corrected chi connectivity index (χ2v) is 7.04. The van der Waals surface area contributed by atoms with E-state index in [0.29, 0.717) is 22.8 Å². The zero-order valence-corrected chi connectivity index (χ0v) is 16.0. The van der Waals surface area contributed by atoms with Crippen LogP contribution in [0.2, 0.25) is 5.02 Å². The molecule has 0 saturated heterocycles. The Labute approximate surface area is 166 Å². The smallest absolute Gasteiger partial charge is 0.249 e. The maximum atomic E-state index is 14.5. The lowest BCUT2D eigenvalue weighted by molar-refractivity contribution is 0.100. The lowest BCUT2D eigenvalue weighted by atomic mass is 10.0. The maximum absolute atomic E-state index is 14.5. The molecule has 142 valence electrons. The Hall–Kier alpha value is -2.89. The lowest BCUT2D eigenvalue weighted by Gasteiger charge is -2.11. The van der Waals surface area contributed by atoms with Gasteiger partial charge in [-0.2, -0.15) is 0 Å². The number of methoxy groups -OCH3 is 1. The van der Waals surface area contributed by atoms with E-state index in [9.17, 15) is 9.18 Å². The molecule has 4 aromatic rings. The fraction of sp³-hybridized carbons (Fsp3) is 0.136. The third kappa shape index (κ3) is 3.03. The first-order chi connectivity index (χ1) is 13.5. The van der Waals surface area contributed by atoms with Crippen LogP contribution in [-0.4, -0.2) is 17.6 Å². The highest BCUT2D eigenvalue weighted by atomic mass is 35.5. The number of carbonyl (C=O) groups excluding carboxylic acids is 1. The summed E-state index contributed by atoms with van der Waals surface area (Å²) in [4.78, 5) is 12.0. The molecule has 6 heteroatoms. The molecular formula is C22H18ClFN2O2. The molecule has 0 aliphatic rings. The van der Waals surface area contributed by atoms with E-state index >= 15 is 0 Å². The van der Waals surface area contributed by atoms with Crippen molar-refractivity contribution in [2.45, 2.75) is 13.2 Å². The van der Waals surface area contributed by atoms with Gasteiger partial charge in [-0.1, -0.05) is 35.9 Å². The van der Waals surface area contributed by atoms with E-state index < -0.39 is 5.91 Å². The number of hydrogen-bond donors (Lipinski definition) is 1. The van der Waals surface area contributed by atoms with E-state index in [1.165, 1.54) is 6.07 Å².